The molecule has 1 rings (SSSR count). The Hall–Kier alpha value is -1.72. The Bertz CT molecular complexity index is 719. The molecule has 0 spiro atoms. The molecule has 1 aromatic carbocycles. The van der Waals surface area contributed by atoms with Gasteiger partial charge in [0.1, 0.15) is 6.04 Å². The Morgan fingerprint density at radius 1 is 0.684 bits per heavy atom. The van der Waals surface area contributed by atoms with Crippen LogP contribution in [0.25, 0.3) is 0 Å². The summed E-state index contributed by atoms with van der Waals surface area (Å²) < 4.78 is 0. The molecule has 0 heterocycles. The van der Waals surface area contributed by atoms with E-state index in [1.807, 2.05) is 24.3 Å². The van der Waals surface area contributed by atoms with Gasteiger partial charge >= 0.3 is 5.97 Å². The van der Waals surface area contributed by atoms with Crippen LogP contribution in [-0.2, 0) is 11.2 Å². The first-order chi connectivity index (χ1) is 18.5. The number of hydrogen-bond donors (Lipinski definition) is 2. The van der Waals surface area contributed by atoms with Gasteiger partial charge in [0.05, 0.1) is 0 Å². The fraction of sp³-hybridized carbons (Fsp3) is 0.758. The molecule has 0 saturated carbocycles. The van der Waals surface area contributed by atoms with Crippen molar-refractivity contribution < 1.29 is 14.7 Å². The predicted octanol–water partition coefficient (Wildman–Crippen LogP) is 8.88. The number of unbranched alkanes of at least 4 members (excludes halogenated alkanes) is 17. The van der Waals surface area contributed by atoms with Crippen LogP contribution < -0.4 is 5.84 Å². The van der Waals surface area contributed by atoms with Crippen molar-refractivity contribution in [2.75, 3.05) is 6.54 Å². The Morgan fingerprint density at radius 2 is 1.11 bits per heavy atom. The van der Waals surface area contributed by atoms with E-state index in [4.69, 9.17) is 5.84 Å². The number of carboxylic acids is 1. The van der Waals surface area contributed by atoms with Crippen LogP contribution in [0.1, 0.15) is 158 Å². The molecule has 1 unspecified atom stereocenters. The van der Waals surface area contributed by atoms with Gasteiger partial charge in [-0.15, -0.1) is 0 Å². The number of carboxylic acid groups (broad SMARTS) is 1. The summed E-state index contributed by atoms with van der Waals surface area (Å²) in [6, 6.07) is 6.69. The number of ketones is 1. The molecular weight excluding hydrogens is 472 g/mol. The highest BCUT2D eigenvalue weighted by Gasteiger charge is 2.23. The third-order valence-corrected chi connectivity index (χ3v) is 7.67. The molecule has 1 aromatic rings. The van der Waals surface area contributed by atoms with Crippen LogP contribution in [0.15, 0.2) is 24.3 Å². The van der Waals surface area contributed by atoms with Crippen molar-refractivity contribution in [1.82, 2.24) is 5.01 Å². The molecule has 1 atom stereocenters. The quantitative estimate of drug-likeness (QED) is 0.0541. The van der Waals surface area contributed by atoms with E-state index in [0.717, 1.165) is 36.8 Å². The lowest BCUT2D eigenvalue weighted by Crippen LogP contribution is -2.47. The molecule has 0 fully saturated rings. The lowest BCUT2D eigenvalue weighted by molar-refractivity contribution is -0.143. The molecule has 5 nitrogen and oxygen atoms in total. The minimum absolute atomic E-state index is 0.177. The van der Waals surface area contributed by atoms with Crippen LogP contribution in [0, 0.1) is 0 Å². The van der Waals surface area contributed by atoms with Gasteiger partial charge in [0.25, 0.3) is 0 Å². The van der Waals surface area contributed by atoms with Gasteiger partial charge in [-0.3, -0.25) is 15.4 Å². The number of carbonyl (C=O) groups excluding carboxylic acids is 1. The lowest BCUT2D eigenvalue weighted by Gasteiger charge is -2.24. The van der Waals surface area contributed by atoms with Crippen molar-refractivity contribution in [3.05, 3.63) is 35.4 Å². The number of hydrazine groups is 1. The Balaban J connectivity index is 2.27. The molecule has 0 bridgehead atoms. The van der Waals surface area contributed by atoms with Crippen LogP contribution in [0.3, 0.4) is 0 Å². The van der Waals surface area contributed by atoms with Crippen molar-refractivity contribution in [2.24, 2.45) is 5.84 Å². The van der Waals surface area contributed by atoms with E-state index in [0.29, 0.717) is 19.4 Å². The number of hydrogen-bond acceptors (Lipinski definition) is 4. The van der Waals surface area contributed by atoms with E-state index < -0.39 is 12.0 Å². The number of benzene rings is 1. The Morgan fingerprint density at radius 3 is 1.55 bits per heavy atom. The maximum absolute atomic E-state index is 12.6. The molecule has 0 aliphatic heterocycles. The van der Waals surface area contributed by atoms with E-state index in [1.165, 1.54) is 101 Å². The fourth-order valence-electron chi connectivity index (χ4n) is 5.07. The number of rotatable bonds is 26. The summed E-state index contributed by atoms with van der Waals surface area (Å²) in [4.78, 5) is 24.4. The molecule has 0 saturated heterocycles. The fourth-order valence-corrected chi connectivity index (χ4v) is 5.07. The van der Waals surface area contributed by atoms with Crippen LogP contribution in [0.4, 0.5) is 0 Å². The van der Waals surface area contributed by atoms with Gasteiger partial charge in [-0.05, 0) is 24.8 Å². The summed E-state index contributed by atoms with van der Waals surface area (Å²) in [6.45, 7) is 5.07. The third kappa shape index (κ3) is 17.0. The first-order valence-electron chi connectivity index (χ1n) is 15.9. The summed E-state index contributed by atoms with van der Waals surface area (Å²) in [7, 11) is 0. The summed E-state index contributed by atoms with van der Waals surface area (Å²) >= 11 is 0. The molecule has 38 heavy (non-hydrogen) atoms. The zero-order valence-corrected chi connectivity index (χ0v) is 24.7. The largest absolute Gasteiger partial charge is 0.480 e. The molecule has 0 radical (unpaired) electrons. The summed E-state index contributed by atoms with van der Waals surface area (Å²) in [5.74, 6) is 5.45. The van der Waals surface area contributed by atoms with Crippen molar-refractivity contribution >= 4 is 11.8 Å². The van der Waals surface area contributed by atoms with Crippen molar-refractivity contribution in [3.63, 3.8) is 0 Å². The first kappa shape index (κ1) is 34.3. The number of aliphatic carboxylic acids is 1. The summed E-state index contributed by atoms with van der Waals surface area (Å²) in [5, 5.41) is 11.2. The first-order valence-corrected chi connectivity index (χ1v) is 15.9. The molecule has 218 valence electrons. The normalized spacial score (nSPS) is 12.2. The Labute approximate surface area is 233 Å². The van der Waals surface area contributed by atoms with Gasteiger partial charge in [-0.1, -0.05) is 147 Å². The second-order valence-corrected chi connectivity index (χ2v) is 11.2. The zero-order chi connectivity index (χ0) is 27.8. The predicted molar refractivity (Wildman–Crippen MR) is 160 cm³/mol. The van der Waals surface area contributed by atoms with Gasteiger partial charge in [-0.2, -0.15) is 0 Å². The van der Waals surface area contributed by atoms with Gasteiger partial charge in [0.15, 0.2) is 5.78 Å². The van der Waals surface area contributed by atoms with Crippen LogP contribution in [-0.4, -0.2) is 34.5 Å². The van der Waals surface area contributed by atoms with E-state index in [-0.39, 0.29) is 5.78 Å². The molecular formula is C33H58N2O3. The standard InChI is InChI=1S/C33H58N2O3/c1-3-5-7-9-11-13-15-17-19-21-27-35(34)31(33(37)38)28-29-23-25-30(26-24-29)32(36)22-20-18-16-14-12-10-8-6-4-2/h23-26,31H,3-22,27-28,34H2,1-2H3,(H,37,38). The van der Waals surface area contributed by atoms with E-state index in [2.05, 4.69) is 13.8 Å². The second-order valence-electron chi connectivity index (χ2n) is 11.2. The molecule has 0 aliphatic carbocycles. The topological polar surface area (TPSA) is 83.6 Å². The summed E-state index contributed by atoms with van der Waals surface area (Å²) in [5.41, 5.74) is 1.62. The SMILES string of the molecule is CCCCCCCCCCCCN(N)C(Cc1ccc(C(=O)CCCCCCCCCCC)cc1)C(=O)O. The highest BCUT2D eigenvalue weighted by molar-refractivity contribution is 5.96. The number of Topliss-reactive ketones (excluding diaryl/α,β-unsaturated/α-hetero) is 1. The molecule has 0 amide bonds. The van der Waals surface area contributed by atoms with Crippen LogP contribution in [0.2, 0.25) is 0 Å². The smallest absolute Gasteiger partial charge is 0.322 e. The molecule has 0 aromatic heterocycles. The highest BCUT2D eigenvalue weighted by atomic mass is 16.4. The average molecular weight is 531 g/mol. The van der Waals surface area contributed by atoms with E-state index in [1.54, 1.807) is 0 Å². The number of nitrogens with zero attached hydrogens (tertiary/aromatic N) is 1. The molecule has 0 aliphatic rings. The minimum atomic E-state index is -0.898. The molecule has 5 heteroatoms. The van der Waals surface area contributed by atoms with Crippen LogP contribution in [0.5, 0.6) is 0 Å². The van der Waals surface area contributed by atoms with Gasteiger partial charge in [0, 0.05) is 18.5 Å². The maximum Gasteiger partial charge on any atom is 0.322 e. The number of carbonyl (C=O) groups is 2. The summed E-state index contributed by atoms with van der Waals surface area (Å²) in [6.07, 6.45) is 24.5. The van der Waals surface area contributed by atoms with E-state index >= 15 is 0 Å². The van der Waals surface area contributed by atoms with Crippen molar-refractivity contribution in [1.29, 1.82) is 0 Å². The second kappa shape index (κ2) is 23.2. The minimum Gasteiger partial charge on any atom is -0.480 e. The van der Waals surface area contributed by atoms with Gasteiger partial charge < -0.3 is 5.11 Å². The highest BCUT2D eigenvalue weighted by Crippen LogP contribution is 2.16. The van der Waals surface area contributed by atoms with E-state index in [9.17, 15) is 14.7 Å². The zero-order valence-electron chi connectivity index (χ0n) is 24.7. The van der Waals surface area contributed by atoms with Gasteiger partial charge in [0.2, 0.25) is 0 Å². The number of nitrogens with two attached hydrogens (primary N) is 1. The maximum atomic E-state index is 12.6. The Kier molecular flexibility index (Phi) is 20.9. The van der Waals surface area contributed by atoms with Crippen molar-refractivity contribution in [3.8, 4) is 0 Å². The molecule has 3 N–H and O–H groups in total. The third-order valence-electron chi connectivity index (χ3n) is 7.67. The van der Waals surface area contributed by atoms with Crippen molar-refractivity contribution in [2.45, 2.75) is 155 Å². The van der Waals surface area contributed by atoms with Gasteiger partial charge in [-0.25, -0.2) is 5.01 Å². The lowest BCUT2D eigenvalue weighted by atomic mass is 9.99. The monoisotopic (exact) mass is 530 g/mol. The van der Waals surface area contributed by atoms with Crippen LogP contribution >= 0.6 is 0 Å². The average Bonchev–Trinajstić information content (AvgIpc) is 2.91.